The van der Waals surface area contributed by atoms with Gasteiger partial charge in [0.25, 0.3) is 5.78 Å². The monoisotopic (exact) mass is 368 g/mol. The molecule has 0 aliphatic carbocycles. The van der Waals surface area contributed by atoms with Crippen molar-refractivity contribution in [2.45, 2.75) is 39.2 Å². The van der Waals surface area contributed by atoms with Crippen LogP contribution in [0.2, 0.25) is 0 Å². The maximum atomic E-state index is 12.6. The van der Waals surface area contributed by atoms with E-state index in [1.165, 1.54) is 19.2 Å². The number of aromatic nitrogens is 4. The molecule has 1 fully saturated rings. The Labute approximate surface area is 157 Å². The number of carbonyl (C=O) groups excluding carboxylic acids is 1. The van der Waals surface area contributed by atoms with Crippen LogP contribution >= 0.6 is 0 Å². The molecule has 0 aromatic carbocycles. The predicted octanol–water partition coefficient (Wildman–Crippen LogP) is 1.83. The number of hydrogen-bond donors (Lipinski definition) is 1. The van der Waals surface area contributed by atoms with Crippen molar-refractivity contribution in [1.82, 2.24) is 29.8 Å². The zero-order chi connectivity index (χ0) is 18.8. The molecule has 1 aliphatic heterocycles. The molecule has 8 nitrogen and oxygen atoms in total. The summed E-state index contributed by atoms with van der Waals surface area (Å²) in [5, 5.41) is 7.26. The SMILES string of the molecule is Cc1nc2ncnn2c(C)c1CC(=O)NC[C@H](c1ccco1)N1CCCC1. The van der Waals surface area contributed by atoms with E-state index in [-0.39, 0.29) is 18.4 Å². The Balaban J connectivity index is 1.46. The normalized spacial score (nSPS) is 16.1. The Morgan fingerprint density at radius 2 is 2.15 bits per heavy atom. The molecule has 0 unspecified atom stereocenters. The van der Waals surface area contributed by atoms with Crippen LogP contribution in [0, 0.1) is 13.8 Å². The van der Waals surface area contributed by atoms with Crippen LogP contribution in [0.25, 0.3) is 5.78 Å². The number of rotatable bonds is 6. The number of fused-ring (bicyclic) bond motifs is 1. The van der Waals surface area contributed by atoms with Gasteiger partial charge in [-0.15, -0.1) is 0 Å². The highest BCUT2D eigenvalue weighted by atomic mass is 16.3. The molecule has 0 radical (unpaired) electrons. The minimum absolute atomic E-state index is 0.0294. The van der Waals surface area contributed by atoms with Crippen molar-refractivity contribution in [1.29, 1.82) is 0 Å². The van der Waals surface area contributed by atoms with Crippen LogP contribution < -0.4 is 5.32 Å². The predicted molar refractivity (Wildman–Crippen MR) is 99.2 cm³/mol. The van der Waals surface area contributed by atoms with Gasteiger partial charge in [0.05, 0.1) is 18.7 Å². The average molecular weight is 368 g/mol. The van der Waals surface area contributed by atoms with Crippen molar-refractivity contribution in [3.63, 3.8) is 0 Å². The van der Waals surface area contributed by atoms with Gasteiger partial charge in [0.15, 0.2) is 0 Å². The first-order valence-corrected chi connectivity index (χ1v) is 9.33. The number of nitrogens with one attached hydrogen (secondary N) is 1. The Morgan fingerprint density at radius 1 is 1.33 bits per heavy atom. The van der Waals surface area contributed by atoms with Crippen LogP contribution in [0.5, 0.6) is 0 Å². The van der Waals surface area contributed by atoms with E-state index in [1.54, 1.807) is 10.8 Å². The zero-order valence-electron chi connectivity index (χ0n) is 15.7. The van der Waals surface area contributed by atoms with E-state index in [1.807, 2.05) is 26.0 Å². The molecule has 1 atom stereocenters. The van der Waals surface area contributed by atoms with Gasteiger partial charge in [0, 0.05) is 23.5 Å². The Morgan fingerprint density at radius 3 is 2.89 bits per heavy atom. The Hall–Kier alpha value is -2.74. The molecule has 0 bridgehead atoms. The second-order valence-electron chi connectivity index (χ2n) is 6.99. The van der Waals surface area contributed by atoms with E-state index in [9.17, 15) is 4.79 Å². The van der Waals surface area contributed by atoms with Crippen molar-refractivity contribution < 1.29 is 9.21 Å². The van der Waals surface area contributed by atoms with E-state index in [2.05, 4.69) is 25.3 Å². The lowest BCUT2D eigenvalue weighted by Gasteiger charge is -2.26. The first-order valence-electron chi connectivity index (χ1n) is 9.33. The Kier molecular flexibility index (Phi) is 4.89. The molecular weight excluding hydrogens is 344 g/mol. The smallest absolute Gasteiger partial charge is 0.252 e. The highest BCUT2D eigenvalue weighted by Crippen LogP contribution is 2.25. The van der Waals surface area contributed by atoms with Crippen molar-refractivity contribution in [2.75, 3.05) is 19.6 Å². The van der Waals surface area contributed by atoms with Gasteiger partial charge in [0.2, 0.25) is 5.91 Å². The molecule has 27 heavy (non-hydrogen) atoms. The largest absolute Gasteiger partial charge is 0.468 e. The van der Waals surface area contributed by atoms with Crippen LogP contribution in [0.3, 0.4) is 0 Å². The molecule has 3 aromatic rings. The van der Waals surface area contributed by atoms with Crippen LogP contribution in [0.15, 0.2) is 29.1 Å². The first kappa shape index (κ1) is 17.7. The van der Waals surface area contributed by atoms with Crippen molar-refractivity contribution in [3.05, 3.63) is 47.4 Å². The summed E-state index contributed by atoms with van der Waals surface area (Å²) in [7, 11) is 0. The van der Waals surface area contributed by atoms with E-state index in [0.29, 0.717) is 12.3 Å². The van der Waals surface area contributed by atoms with Crippen molar-refractivity contribution >= 4 is 11.7 Å². The number of furan rings is 1. The van der Waals surface area contributed by atoms with Crippen LogP contribution in [0.1, 0.15) is 41.6 Å². The molecule has 3 aromatic heterocycles. The van der Waals surface area contributed by atoms with Gasteiger partial charge in [-0.1, -0.05) is 0 Å². The quantitative estimate of drug-likeness (QED) is 0.714. The molecule has 142 valence electrons. The van der Waals surface area contributed by atoms with Gasteiger partial charge in [-0.25, -0.2) is 9.50 Å². The number of nitrogens with zero attached hydrogens (tertiary/aromatic N) is 5. The first-order chi connectivity index (χ1) is 13.1. The average Bonchev–Trinajstić information content (AvgIpc) is 3.40. The molecule has 1 saturated heterocycles. The van der Waals surface area contributed by atoms with Crippen molar-refractivity contribution in [3.8, 4) is 0 Å². The minimum atomic E-state index is -0.0294. The summed E-state index contributed by atoms with van der Waals surface area (Å²) in [6.45, 7) is 6.44. The van der Waals surface area contributed by atoms with Gasteiger partial charge in [-0.3, -0.25) is 9.69 Å². The van der Waals surface area contributed by atoms with Gasteiger partial charge >= 0.3 is 0 Å². The molecule has 0 spiro atoms. The number of hydrogen-bond acceptors (Lipinski definition) is 6. The second kappa shape index (κ2) is 7.48. The summed E-state index contributed by atoms with van der Waals surface area (Å²) in [5.74, 6) is 1.43. The lowest BCUT2D eigenvalue weighted by atomic mass is 10.1. The third kappa shape index (κ3) is 3.57. The van der Waals surface area contributed by atoms with Gasteiger partial charge in [-0.2, -0.15) is 10.1 Å². The number of amides is 1. The van der Waals surface area contributed by atoms with E-state index in [0.717, 1.165) is 35.8 Å². The highest BCUT2D eigenvalue weighted by Gasteiger charge is 2.26. The summed E-state index contributed by atoms with van der Waals surface area (Å²) < 4.78 is 7.29. The summed E-state index contributed by atoms with van der Waals surface area (Å²) in [5.41, 5.74) is 2.60. The number of carbonyl (C=O) groups is 1. The van der Waals surface area contributed by atoms with Crippen LogP contribution in [0.4, 0.5) is 0 Å². The molecular formula is C19H24N6O2. The molecule has 1 aliphatic rings. The number of aryl methyl sites for hydroxylation is 2. The fourth-order valence-corrected chi connectivity index (χ4v) is 3.79. The fourth-order valence-electron chi connectivity index (χ4n) is 3.79. The summed E-state index contributed by atoms with van der Waals surface area (Å²) >= 11 is 0. The molecule has 4 heterocycles. The van der Waals surface area contributed by atoms with Crippen LogP contribution in [-0.4, -0.2) is 50.0 Å². The molecule has 8 heteroatoms. The van der Waals surface area contributed by atoms with Crippen molar-refractivity contribution in [2.24, 2.45) is 0 Å². The number of likely N-dealkylation sites (tertiary alicyclic amines) is 1. The lowest BCUT2D eigenvalue weighted by Crippen LogP contribution is -2.37. The Bertz CT molecular complexity index is 927. The molecule has 1 amide bonds. The van der Waals surface area contributed by atoms with E-state index >= 15 is 0 Å². The molecule has 1 N–H and O–H groups in total. The van der Waals surface area contributed by atoms with Gasteiger partial charge < -0.3 is 9.73 Å². The summed E-state index contributed by atoms with van der Waals surface area (Å²) in [4.78, 5) is 23.6. The zero-order valence-corrected chi connectivity index (χ0v) is 15.7. The van der Waals surface area contributed by atoms with Gasteiger partial charge in [-0.05, 0) is 51.9 Å². The minimum Gasteiger partial charge on any atom is -0.468 e. The highest BCUT2D eigenvalue weighted by molar-refractivity contribution is 5.79. The third-order valence-electron chi connectivity index (χ3n) is 5.27. The maximum absolute atomic E-state index is 12.6. The lowest BCUT2D eigenvalue weighted by molar-refractivity contribution is -0.120. The van der Waals surface area contributed by atoms with E-state index in [4.69, 9.17) is 4.42 Å². The van der Waals surface area contributed by atoms with E-state index < -0.39 is 0 Å². The molecule has 4 rings (SSSR count). The van der Waals surface area contributed by atoms with Gasteiger partial charge in [0.1, 0.15) is 12.1 Å². The maximum Gasteiger partial charge on any atom is 0.252 e. The van der Waals surface area contributed by atoms with Crippen LogP contribution in [-0.2, 0) is 11.2 Å². The summed E-state index contributed by atoms with van der Waals surface area (Å²) in [6.07, 6.45) is 5.81. The second-order valence-corrected chi connectivity index (χ2v) is 6.99. The fraction of sp³-hybridized carbons (Fsp3) is 0.474. The standard InChI is InChI=1S/C19H24N6O2/c1-13-15(14(2)25-19(23-13)21-12-22-25)10-18(26)20-11-16(17-6-5-9-27-17)24-7-3-4-8-24/h5-6,9,12,16H,3-4,7-8,10-11H2,1-2H3,(H,20,26)/t16-/m1/s1. The third-order valence-corrected chi connectivity index (χ3v) is 5.27. The topological polar surface area (TPSA) is 88.6 Å². The molecule has 0 saturated carbocycles. The summed E-state index contributed by atoms with van der Waals surface area (Å²) in [6, 6.07) is 3.95.